The van der Waals surface area contributed by atoms with Gasteiger partial charge in [0.05, 0.1) is 6.20 Å². The molecule has 1 rings (SSSR count). The maximum atomic E-state index is 5.58. The molecule has 0 aromatic carbocycles. The molecule has 0 atom stereocenters. The number of rotatable bonds is 4. The first-order chi connectivity index (χ1) is 8.04. The largest absolute Gasteiger partial charge is 0.444 e. The quantitative estimate of drug-likeness (QED) is 0.590. The van der Waals surface area contributed by atoms with Crippen LogP contribution in [0.1, 0.15) is 25.0 Å². The van der Waals surface area contributed by atoms with Crippen molar-refractivity contribution in [3.05, 3.63) is 17.8 Å². The molecule has 5 nitrogen and oxygen atoms in total. The molecule has 0 amide bonds. The number of aromatic nitrogens is 1. The first-order valence-corrected chi connectivity index (χ1v) is 5.87. The van der Waals surface area contributed by atoms with Gasteiger partial charge in [-0.15, -0.1) is 0 Å². The van der Waals surface area contributed by atoms with Gasteiger partial charge >= 0.3 is 0 Å². The van der Waals surface area contributed by atoms with Crippen LogP contribution in [0.4, 0.5) is 0 Å². The number of oxazole rings is 1. The Balaban J connectivity index is 2.66. The minimum absolute atomic E-state index is 0.530. The third kappa shape index (κ3) is 4.09. The molecular formula is C12H22N4O. The van der Waals surface area contributed by atoms with E-state index < -0.39 is 0 Å². The van der Waals surface area contributed by atoms with E-state index >= 15 is 0 Å². The normalized spacial score (nSPS) is 10.2. The summed E-state index contributed by atoms with van der Waals surface area (Å²) in [4.78, 5) is 12.7. The zero-order valence-corrected chi connectivity index (χ0v) is 11.4. The molecule has 0 unspecified atom stereocenters. The molecular weight excluding hydrogens is 216 g/mol. The van der Waals surface area contributed by atoms with Gasteiger partial charge in [0.1, 0.15) is 12.3 Å². The summed E-state index contributed by atoms with van der Waals surface area (Å²) in [5.41, 5.74) is 0. The van der Waals surface area contributed by atoms with Crippen LogP contribution < -0.4 is 0 Å². The van der Waals surface area contributed by atoms with Crippen LogP contribution in [0.2, 0.25) is 0 Å². The molecule has 0 saturated carbocycles. The SMILES string of the molecule is CCCc1ncc(CN=C(N(C)C)N(C)C)o1. The summed E-state index contributed by atoms with van der Waals surface area (Å²) in [5, 5.41) is 0. The fourth-order valence-electron chi connectivity index (χ4n) is 1.58. The van der Waals surface area contributed by atoms with E-state index in [0.29, 0.717) is 6.54 Å². The Kier molecular flexibility index (Phi) is 5.00. The number of hydrogen-bond donors (Lipinski definition) is 0. The highest BCUT2D eigenvalue weighted by molar-refractivity contribution is 5.79. The minimum atomic E-state index is 0.530. The summed E-state index contributed by atoms with van der Waals surface area (Å²) in [7, 11) is 7.90. The zero-order valence-electron chi connectivity index (χ0n) is 11.4. The topological polar surface area (TPSA) is 44.9 Å². The predicted octanol–water partition coefficient (Wildman–Crippen LogP) is 1.61. The average Bonchev–Trinajstić information content (AvgIpc) is 2.65. The van der Waals surface area contributed by atoms with Crippen molar-refractivity contribution in [3.63, 3.8) is 0 Å². The molecule has 0 saturated heterocycles. The molecule has 0 N–H and O–H groups in total. The smallest absolute Gasteiger partial charge is 0.195 e. The molecule has 0 bridgehead atoms. The van der Waals surface area contributed by atoms with Gasteiger partial charge in [-0.05, 0) is 6.42 Å². The lowest BCUT2D eigenvalue weighted by molar-refractivity contribution is 0.445. The summed E-state index contributed by atoms with van der Waals surface area (Å²) in [6.45, 7) is 2.64. The van der Waals surface area contributed by atoms with Crippen molar-refractivity contribution >= 4 is 5.96 Å². The van der Waals surface area contributed by atoms with Crippen molar-refractivity contribution in [3.8, 4) is 0 Å². The van der Waals surface area contributed by atoms with Crippen LogP contribution in [0.15, 0.2) is 15.6 Å². The molecule has 17 heavy (non-hydrogen) atoms. The summed E-state index contributed by atoms with van der Waals surface area (Å²) in [6, 6.07) is 0. The van der Waals surface area contributed by atoms with Crippen LogP contribution in [0.5, 0.6) is 0 Å². The highest BCUT2D eigenvalue weighted by atomic mass is 16.4. The Morgan fingerprint density at radius 1 is 1.29 bits per heavy atom. The van der Waals surface area contributed by atoms with Crippen molar-refractivity contribution in [2.75, 3.05) is 28.2 Å². The minimum Gasteiger partial charge on any atom is -0.444 e. The molecule has 0 radical (unpaired) electrons. The zero-order chi connectivity index (χ0) is 12.8. The van der Waals surface area contributed by atoms with E-state index in [9.17, 15) is 0 Å². The molecule has 0 aliphatic carbocycles. The third-order valence-corrected chi connectivity index (χ3v) is 2.24. The highest BCUT2D eigenvalue weighted by Gasteiger charge is 2.06. The number of nitrogens with zero attached hydrogens (tertiary/aromatic N) is 4. The first-order valence-electron chi connectivity index (χ1n) is 5.87. The standard InChI is InChI=1S/C12H22N4O/c1-6-7-11-13-8-10(17-11)9-14-12(15(2)3)16(4)5/h8H,6-7,9H2,1-5H3. The van der Waals surface area contributed by atoms with Crippen LogP contribution in [0.3, 0.4) is 0 Å². The van der Waals surface area contributed by atoms with Crippen molar-refractivity contribution < 1.29 is 4.42 Å². The lowest BCUT2D eigenvalue weighted by Gasteiger charge is -2.22. The molecule has 1 aromatic rings. The Bertz CT molecular complexity index is 358. The maximum Gasteiger partial charge on any atom is 0.195 e. The molecule has 0 aliphatic heterocycles. The van der Waals surface area contributed by atoms with Gasteiger partial charge in [-0.2, -0.15) is 0 Å². The van der Waals surface area contributed by atoms with E-state index in [4.69, 9.17) is 4.42 Å². The van der Waals surface area contributed by atoms with Gasteiger partial charge in [0, 0.05) is 34.6 Å². The van der Waals surface area contributed by atoms with Crippen LogP contribution in [0, 0.1) is 0 Å². The van der Waals surface area contributed by atoms with Gasteiger partial charge in [0.25, 0.3) is 0 Å². The Morgan fingerprint density at radius 2 is 1.94 bits per heavy atom. The van der Waals surface area contributed by atoms with E-state index in [2.05, 4.69) is 16.9 Å². The fourth-order valence-corrected chi connectivity index (χ4v) is 1.58. The second kappa shape index (κ2) is 6.27. The lowest BCUT2D eigenvalue weighted by Crippen LogP contribution is -2.35. The fraction of sp³-hybridized carbons (Fsp3) is 0.667. The van der Waals surface area contributed by atoms with Crippen LogP contribution in [0.25, 0.3) is 0 Å². The molecule has 0 spiro atoms. The molecule has 5 heteroatoms. The highest BCUT2D eigenvalue weighted by Crippen LogP contribution is 2.07. The van der Waals surface area contributed by atoms with Crippen LogP contribution >= 0.6 is 0 Å². The van der Waals surface area contributed by atoms with Crippen molar-refractivity contribution in [1.29, 1.82) is 0 Å². The van der Waals surface area contributed by atoms with E-state index in [1.54, 1.807) is 6.20 Å². The van der Waals surface area contributed by atoms with Crippen molar-refractivity contribution in [2.24, 2.45) is 4.99 Å². The first kappa shape index (κ1) is 13.5. The van der Waals surface area contributed by atoms with E-state index in [0.717, 1.165) is 30.5 Å². The number of guanidine groups is 1. The molecule has 96 valence electrons. The molecule has 0 fully saturated rings. The van der Waals surface area contributed by atoms with Gasteiger partial charge in [-0.3, -0.25) is 0 Å². The van der Waals surface area contributed by atoms with Gasteiger partial charge in [0.15, 0.2) is 11.9 Å². The molecule has 1 heterocycles. The van der Waals surface area contributed by atoms with Crippen molar-refractivity contribution in [2.45, 2.75) is 26.3 Å². The second-order valence-corrected chi connectivity index (χ2v) is 4.38. The maximum absolute atomic E-state index is 5.58. The summed E-state index contributed by atoms with van der Waals surface area (Å²) in [5.74, 6) is 2.53. The van der Waals surface area contributed by atoms with Gasteiger partial charge in [-0.1, -0.05) is 6.92 Å². The lowest BCUT2D eigenvalue weighted by atomic mass is 10.3. The Labute approximate surface area is 103 Å². The Hall–Kier alpha value is -1.52. The molecule has 0 aliphatic rings. The van der Waals surface area contributed by atoms with Crippen molar-refractivity contribution in [1.82, 2.24) is 14.8 Å². The second-order valence-electron chi connectivity index (χ2n) is 4.38. The average molecular weight is 238 g/mol. The molecule has 1 aromatic heterocycles. The van der Waals surface area contributed by atoms with Gasteiger partial charge in [0.2, 0.25) is 0 Å². The summed E-state index contributed by atoms with van der Waals surface area (Å²) in [6.07, 6.45) is 3.69. The predicted molar refractivity (Wildman–Crippen MR) is 69.0 cm³/mol. The van der Waals surface area contributed by atoms with Crippen LogP contribution in [-0.4, -0.2) is 48.9 Å². The third-order valence-electron chi connectivity index (χ3n) is 2.24. The van der Waals surface area contributed by atoms with E-state index in [-0.39, 0.29) is 0 Å². The summed E-state index contributed by atoms with van der Waals surface area (Å²) >= 11 is 0. The van der Waals surface area contributed by atoms with E-state index in [1.165, 1.54) is 0 Å². The van der Waals surface area contributed by atoms with E-state index in [1.807, 2.05) is 38.0 Å². The number of aryl methyl sites for hydroxylation is 1. The monoisotopic (exact) mass is 238 g/mol. The number of hydrogen-bond acceptors (Lipinski definition) is 3. The van der Waals surface area contributed by atoms with Crippen LogP contribution in [-0.2, 0) is 13.0 Å². The Morgan fingerprint density at radius 3 is 2.47 bits per heavy atom. The number of aliphatic imine (C=N–C) groups is 1. The van der Waals surface area contributed by atoms with Gasteiger partial charge in [-0.25, -0.2) is 9.98 Å². The van der Waals surface area contributed by atoms with Gasteiger partial charge < -0.3 is 14.2 Å². The summed E-state index contributed by atoms with van der Waals surface area (Å²) < 4.78 is 5.58.